The van der Waals surface area contributed by atoms with Gasteiger partial charge in [-0.3, -0.25) is 4.90 Å². The van der Waals surface area contributed by atoms with E-state index in [-0.39, 0.29) is 0 Å². The second-order valence-electron chi connectivity index (χ2n) is 5.17. The third kappa shape index (κ3) is 5.28. The van der Waals surface area contributed by atoms with E-state index in [0.717, 1.165) is 12.6 Å². The minimum absolute atomic E-state index is 0.733. The lowest BCUT2D eigenvalue weighted by atomic mass is 10.2. The predicted octanol–water partition coefficient (Wildman–Crippen LogP) is 1.40. The lowest BCUT2D eigenvalue weighted by Crippen LogP contribution is -2.38. The minimum Gasteiger partial charge on any atom is -0.320 e. The normalized spacial score (nSPS) is 24.6. The topological polar surface area (TPSA) is 18.5 Å². The van der Waals surface area contributed by atoms with Gasteiger partial charge in [-0.1, -0.05) is 6.42 Å². The molecule has 0 aromatic heterocycles. The summed E-state index contributed by atoms with van der Waals surface area (Å²) in [5, 5.41) is 3.21. The van der Waals surface area contributed by atoms with Gasteiger partial charge in [0.15, 0.2) is 0 Å². The van der Waals surface area contributed by atoms with Crippen molar-refractivity contribution in [2.24, 2.45) is 0 Å². The highest BCUT2D eigenvalue weighted by atomic mass is 15.2. The summed E-state index contributed by atoms with van der Waals surface area (Å²) in [6, 6.07) is 0.733. The van der Waals surface area contributed by atoms with Crippen LogP contribution in [0.25, 0.3) is 0 Å². The fraction of sp³-hybridized carbons (Fsp3) is 1.00. The lowest BCUT2D eigenvalue weighted by molar-refractivity contribution is 0.198. The molecule has 1 unspecified atom stereocenters. The molecular weight excluding hydrogens is 198 g/mol. The Morgan fingerprint density at radius 3 is 2.75 bits per heavy atom. The van der Waals surface area contributed by atoms with E-state index in [0.29, 0.717) is 0 Å². The molecule has 1 N–H and O–H groups in total. The largest absolute Gasteiger partial charge is 0.320 e. The van der Waals surface area contributed by atoms with Gasteiger partial charge in [-0.05, 0) is 66.5 Å². The summed E-state index contributed by atoms with van der Waals surface area (Å²) < 4.78 is 0. The van der Waals surface area contributed by atoms with Crippen molar-refractivity contribution >= 4 is 0 Å². The Labute approximate surface area is 101 Å². The fourth-order valence-electron chi connectivity index (χ4n) is 2.55. The van der Waals surface area contributed by atoms with Gasteiger partial charge >= 0.3 is 0 Å². The Morgan fingerprint density at radius 2 is 2.00 bits per heavy atom. The highest BCUT2D eigenvalue weighted by Crippen LogP contribution is 2.10. The van der Waals surface area contributed by atoms with Crippen LogP contribution in [-0.4, -0.2) is 62.7 Å². The van der Waals surface area contributed by atoms with Crippen molar-refractivity contribution in [3.05, 3.63) is 0 Å². The monoisotopic (exact) mass is 227 g/mol. The van der Waals surface area contributed by atoms with Crippen LogP contribution in [0.5, 0.6) is 0 Å². The summed E-state index contributed by atoms with van der Waals surface area (Å²) in [5.74, 6) is 0. The van der Waals surface area contributed by atoms with Gasteiger partial charge < -0.3 is 10.2 Å². The molecule has 0 spiro atoms. The molecule has 0 aliphatic carbocycles. The third-order valence-corrected chi connectivity index (χ3v) is 3.56. The molecule has 1 atom stereocenters. The third-order valence-electron chi connectivity index (χ3n) is 3.56. The van der Waals surface area contributed by atoms with E-state index >= 15 is 0 Å². The number of hydrogen-bond acceptors (Lipinski definition) is 3. The van der Waals surface area contributed by atoms with Crippen LogP contribution in [0.2, 0.25) is 0 Å². The van der Waals surface area contributed by atoms with Crippen LogP contribution in [0.1, 0.15) is 32.6 Å². The SMILES string of the molecule is CNCCCCCN1CCCN(C)CC1C. The fourth-order valence-corrected chi connectivity index (χ4v) is 2.55. The molecule has 1 aliphatic heterocycles. The zero-order valence-electron chi connectivity index (χ0n) is 11.3. The first-order valence-corrected chi connectivity index (χ1v) is 6.81. The minimum atomic E-state index is 0.733. The van der Waals surface area contributed by atoms with Gasteiger partial charge in [-0.25, -0.2) is 0 Å². The quantitative estimate of drug-likeness (QED) is 0.692. The summed E-state index contributed by atoms with van der Waals surface area (Å²) >= 11 is 0. The average molecular weight is 227 g/mol. The second-order valence-corrected chi connectivity index (χ2v) is 5.17. The van der Waals surface area contributed by atoms with Crippen LogP contribution in [0.3, 0.4) is 0 Å². The maximum atomic E-state index is 3.21. The molecule has 3 nitrogen and oxygen atoms in total. The highest BCUT2D eigenvalue weighted by Gasteiger charge is 2.18. The summed E-state index contributed by atoms with van der Waals surface area (Å²) in [5.41, 5.74) is 0. The number of unbranched alkanes of at least 4 members (excludes halogenated alkanes) is 2. The van der Waals surface area contributed by atoms with Crippen molar-refractivity contribution in [3.8, 4) is 0 Å². The first-order valence-electron chi connectivity index (χ1n) is 6.81. The van der Waals surface area contributed by atoms with Crippen LogP contribution < -0.4 is 5.32 Å². The van der Waals surface area contributed by atoms with E-state index in [1.165, 1.54) is 51.9 Å². The molecule has 16 heavy (non-hydrogen) atoms. The number of nitrogens with zero attached hydrogens (tertiary/aromatic N) is 2. The van der Waals surface area contributed by atoms with E-state index in [2.05, 4.69) is 29.1 Å². The number of hydrogen-bond donors (Lipinski definition) is 1. The molecule has 0 amide bonds. The van der Waals surface area contributed by atoms with Crippen molar-refractivity contribution in [1.82, 2.24) is 15.1 Å². The van der Waals surface area contributed by atoms with Crippen molar-refractivity contribution < 1.29 is 0 Å². The molecule has 1 saturated heterocycles. The van der Waals surface area contributed by atoms with Crippen molar-refractivity contribution in [2.75, 3.05) is 46.8 Å². The molecule has 1 rings (SSSR count). The molecule has 1 heterocycles. The smallest absolute Gasteiger partial charge is 0.0194 e. The highest BCUT2D eigenvalue weighted by molar-refractivity contribution is 4.74. The standard InChI is InChI=1S/C13H29N3/c1-13-12-15(3)9-7-11-16(13)10-6-4-5-8-14-2/h13-14H,4-12H2,1-3H3. The first kappa shape index (κ1) is 13.9. The van der Waals surface area contributed by atoms with Gasteiger partial charge in [0, 0.05) is 12.6 Å². The van der Waals surface area contributed by atoms with Gasteiger partial charge in [-0.2, -0.15) is 0 Å². The Balaban J connectivity index is 2.14. The molecule has 0 bridgehead atoms. The summed E-state index contributed by atoms with van der Waals surface area (Å²) in [7, 11) is 4.28. The van der Waals surface area contributed by atoms with Crippen LogP contribution >= 0.6 is 0 Å². The summed E-state index contributed by atoms with van der Waals surface area (Å²) in [6.07, 6.45) is 5.37. The zero-order valence-corrected chi connectivity index (χ0v) is 11.3. The summed E-state index contributed by atoms with van der Waals surface area (Å²) in [4.78, 5) is 5.13. The maximum absolute atomic E-state index is 3.21. The summed E-state index contributed by atoms with van der Waals surface area (Å²) in [6.45, 7) is 8.61. The predicted molar refractivity (Wildman–Crippen MR) is 70.9 cm³/mol. The van der Waals surface area contributed by atoms with Crippen molar-refractivity contribution in [3.63, 3.8) is 0 Å². The Hall–Kier alpha value is -0.120. The Bertz CT molecular complexity index is 173. The van der Waals surface area contributed by atoms with Crippen molar-refractivity contribution in [2.45, 2.75) is 38.6 Å². The van der Waals surface area contributed by atoms with E-state index in [4.69, 9.17) is 0 Å². The van der Waals surface area contributed by atoms with Crippen LogP contribution in [0, 0.1) is 0 Å². The molecule has 0 aromatic carbocycles. The van der Waals surface area contributed by atoms with Crippen molar-refractivity contribution in [1.29, 1.82) is 0 Å². The molecule has 0 saturated carbocycles. The van der Waals surface area contributed by atoms with E-state index in [1.807, 2.05) is 7.05 Å². The molecular formula is C13H29N3. The average Bonchev–Trinajstić information content (AvgIpc) is 2.40. The van der Waals surface area contributed by atoms with Crippen LogP contribution in [0.15, 0.2) is 0 Å². The molecule has 0 radical (unpaired) electrons. The zero-order chi connectivity index (χ0) is 11.8. The van der Waals surface area contributed by atoms with Gasteiger partial charge in [-0.15, -0.1) is 0 Å². The second kappa shape index (κ2) is 8.04. The number of likely N-dealkylation sites (N-methyl/N-ethyl adjacent to an activating group) is 1. The molecule has 96 valence electrons. The molecule has 1 aliphatic rings. The lowest BCUT2D eigenvalue weighted by Gasteiger charge is -2.27. The molecule has 3 heteroatoms. The van der Waals surface area contributed by atoms with Crippen LogP contribution in [-0.2, 0) is 0 Å². The maximum Gasteiger partial charge on any atom is 0.0194 e. The molecule has 0 aromatic rings. The van der Waals surface area contributed by atoms with E-state index in [1.54, 1.807) is 0 Å². The van der Waals surface area contributed by atoms with Gasteiger partial charge in [0.2, 0.25) is 0 Å². The van der Waals surface area contributed by atoms with E-state index < -0.39 is 0 Å². The number of rotatable bonds is 6. The Morgan fingerprint density at radius 1 is 1.19 bits per heavy atom. The van der Waals surface area contributed by atoms with Gasteiger partial charge in [0.1, 0.15) is 0 Å². The number of nitrogens with one attached hydrogen (secondary N) is 1. The Kier molecular flexibility index (Phi) is 7.01. The van der Waals surface area contributed by atoms with Crippen LogP contribution in [0.4, 0.5) is 0 Å². The molecule has 1 fully saturated rings. The van der Waals surface area contributed by atoms with Gasteiger partial charge in [0.05, 0.1) is 0 Å². The first-order chi connectivity index (χ1) is 7.74. The van der Waals surface area contributed by atoms with Gasteiger partial charge in [0.25, 0.3) is 0 Å². The van der Waals surface area contributed by atoms with E-state index in [9.17, 15) is 0 Å².